The zero-order chi connectivity index (χ0) is 11.8. The highest BCUT2D eigenvalue weighted by Crippen LogP contribution is 2.12. The van der Waals surface area contributed by atoms with Crippen molar-refractivity contribution in [1.82, 2.24) is 4.98 Å². The lowest BCUT2D eigenvalue weighted by Gasteiger charge is -2.13. The molecule has 1 rings (SSSR count). The van der Waals surface area contributed by atoms with Crippen molar-refractivity contribution in [2.75, 3.05) is 20.3 Å². The Morgan fingerprint density at radius 2 is 2.31 bits per heavy atom. The molecule has 4 heteroatoms. The van der Waals surface area contributed by atoms with Gasteiger partial charge in [-0.05, 0) is 13.0 Å². The number of rotatable bonds is 4. The van der Waals surface area contributed by atoms with E-state index in [2.05, 4.69) is 16.8 Å². The Morgan fingerprint density at radius 1 is 1.50 bits per heavy atom. The van der Waals surface area contributed by atoms with Gasteiger partial charge in [0.25, 0.3) is 0 Å². The van der Waals surface area contributed by atoms with Crippen molar-refractivity contribution in [3.8, 4) is 17.6 Å². The molecular formula is C12H16N2O2. The van der Waals surface area contributed by atoms with Crippen LogP contribution in [0.5, 0.6) is 5.75 Å². The van der Waals surface area contributed by atoms with Crippen molar-refractivity contribution in [1.29, 1.82) is 0 Å². The van der Waals surface area contributed by atoms with E-state index in [-0.39, 0.29) is 6.10 Å². The summed E-state index contributed by atoms with van der Waals surface area (Å²) in [5.74, 6) is 6.36. The number of nitrogens with zero attached hydrogens (tertiary/aromatic N) is 1. The van der Waals surface area contributed by atoms with Crippen LogP contribution in [0.25, 0.3) is 0 Å². The molecule has 0 fully saturated rings. The van der Waals surface area contributed by atoms with Crippen LogP contribution in [0.4, 0.5) is 0 Å². The molecule has 1 atom stereocenters. The molecule has 0 aliphatic heterocycles. The predicted molar refractivity (Wildman–Crippen MR) is 62.1 cm³/mol. The molecule has 0 saturated carbocycles. The van der Waals surface area contributed by atoms with E-state index >= 15 is 0 Å². The van der Waals surface area contributed by atoms with Crippen LogP contribution in [-0.2, 0) is 4.74 Å². The standard InChI is InChI=1S/C12H16N2O2/c1-10(9-15-2)16-12-6-11(4-3-5-13)7-14-8-12/h6-8,10H,5,9,13H2,1-2H3. The predicted octanol–water partition coefficient (Wildman–Crippen LogP) is 0.806. The molecule has 0 aliphatic carbocycles. The highest BCUT2D eigenvalue weighted by Gasteiger charge is 2.03. The second-order valence-corrected chi connectivity index (χ2v) is 3.30. The fourth-order valence-corrected chi connectivity index (χ4v) is 1.21. The van der Waals surface area contributed by atoms with E-state index in [4.69, 9.17) is 15.2 Å². The summed E-state index contributed by atoms with van der Waals surface area (Å²) in [7, 11) is 1.64. The zero-order valence-corrected chi connectivity index (χ0v) is 9.56. The van der Waals surface area contributed by atoms with Gasteiger partial charge in [-0.25, -0.2) is 0 Å². The van der Waals surface area contributed by atoms with E-state index in [1.54, 1.807) is 19.5 Å². The Hall–Kier alpha value is -1.57. The van der Waals surface area contributed by atoms with Crippen molar-refractivity contribution < 1.29 is 9.47 Å². The van der Waals surface area contributed by atoms with Gasteiger partial charge in [0.15, 0.2) is 0 Å². The third kappa shape index (κ3) is 4.30. The summed E-state index contributed by atoms with van der Waals surface area (Å²) < 4.78 is 10.6. The molecule has 0 amide bonds. The van der Waals surface area contributed by atoms with E-state index < -0.39 is 0 Å². The highest BCUT2D eigenvalue weighted by molar-refractivity contribution is 5.36. The summed E-state index contributed by atoms with van der Waals surface area (Å²) in [6, 6.07) is 1.84. The van der Waals surface area contributed by atoms with E-state index in [0.29, 0.717) is 18.9 Å². The van der Waals surface area contributed by atoms with Gasteiger partial charge in [0.05, 0.1) is 19.3 Å². The van der Waals surface area contributed by atoms with Crippen molar-refractivity contribution in [3.05, 3.63) is 24.0 Å². The van der Waals surface area contributed by atoms with Crippen LogP contribution < -0.4 is 10.5 Å². The minimum Gasteiger partial charge on any atom is -0.487 e. The third-order valence-electron chi connectivity index (χ3n) is 1.79. The average Bonchev–Trinajstić information content (AvgIpc) is 2.27. The monoisotopic (exact) mass is 220 g/mol. The molecule has 0 spiro atoms. The summed E-state index contributed by atoms with van der Waals surface area (Å²) in [6.45, 7) is 2.81. The van der Waals surface area contributed by atoms with E-state index in [1.165, 1.54) is 0 Å². The van der Waals surface area contributed by atoms with Gasteiger partial charge in [0.1, 0.15) is 11.9 Å². The van der Waals surface area contributed by atoms with Crippen molar-refractivity contribution >= 4 is 0 Å². The second-order valence-electron chi connectivity index (χ2n) is 3.30. The van der Waals surface area contributed by atoms with Gasteiger partial charge in [0.2, 0.25) is 0 Å². The number of pyridine rings is 1. The Bertz CT molecular complexity index is 382. The number of methoxy groups -OCH3 is 1. The fourth-order valence-electron chi connectivity index (χ4n) is 1.21. The summed E-state index contributed by atoms with van der Waals surface area (Å²) in [5.41, 5.74) is 6.09. The second kappa shape index (κ2) is 6.83. The minimum absolute atomic E-state index is 0.00971. The van der Waals surface area contributed by atoms with Gasteiger partial charge >= 0.3 is 0 Å². The molecule has 0 saturated heterocycles. The number of hydrogen-bond donors (Lipinski definition) is 1. The maximum atomic E-state index is 5.59. The fraction of sp³-hybridized carbons (Fsp3) is 0.417. The normalized spacial score (nSPS) is 11.4. The van der Waals surface area contributed by atoms with E-state index in [0.717, 1.165) is 5.56 Å². The molecule has 1 unspecified atom stereocenters. The number of hydrogen-bond acceptors (Lipinski definition) is 4. The number of aromatic nitrogens is 1. The first-order valence-corrected chi connectivity index (χ1v) is 5.06. The molecular weight excluding hydrogens is 204 g/mol. The maximum absolute atomic E-state index is 5.59. The molecule has 2 N–H and O–H groups in total. The van der Waals surface area contributed by atoms with Crippen molar-refractivity contribution in [2.24, 2.45) is 5.73 Å². The number of ether oxygens (including phenoxy) is 2. The minimum atomic E-state index is -0.00971. The van der Waals surface area contributed by atoms with Gasteiger partial charge in [-0.3, -0.25) is 4.98 Å². The lowest BCUT2D eigenvalue weighted by atomic mass is 10.3. The van der Waals surface area contributed by atoms with Crippen LogP contribution in [0.15, 0.2) is 18.5 Å². The summed E-state index contributed by atoms with van der Waals surface area (Å²) in [5, 5.41) is 0. The van der Waals surface area contributed by atoms with Crippen LogP contribution in [0.3, 0.4) is 0 Å². The molecule has 1 aromatic rings. The Kier molecular flexibility index (Phi) is 5.34. The first-order valence-electron chi connectivity index (χ1n) is 5.06. The van der Waals surface area contributed by atoms with Crippen LogP contribution >= 0.6 is 0 Å². The Balaban J connectivity index is 2.67. The summed E-state index contributed by atoms with van der Waals surface area (Å²) in [6.07, 6.45) is 3.32. The Morgan fingerprint density at radius 3 is 3.00 bits per heavy atom. The lowest BCUT2D eigenvalue weighted by molar-refractivity contribution is 0.0918. The van der Waals surface area contributed by atoms with Crippen LogP contribution in [0.1, 0.15) is 12.5 Å². The molecule has 0 aliphatic rings. The molecule has 1 heterocycles. The van der Waals surface area contributed by atoms with E-state index in [9.17, 15) is 0 Å². The largest absolute Gasteiger partial charge is 0.487 e. The van der Waals surface area contributed by atoms with Crippen molar-refractivity contribution in [2.45, 2.75) is 13.0 Å². The third-order valence-corrected chi connectivity index (χ3v) is 1.79. The first-order chi connectivity index (χ1) is 7.76. The van der Waals surface area contributed by atoms with Crippen molar-refractivity contribution in [3.63, 3.8) is 0 Å². The van der Waals surface area contributed by atoms with Gasteiger partial charge in [0, 0.05) is 18.9 Å². The molecule has 4 nitrogen and oxygen atoms in total. The summed E-state index contributed by atoms with van der Waals surface area (Å²) >= 11 is 0. The lowest BCUT2D eigenvalue weighted by Crippen LogP contribution is -2.18. The SMILES string of the molecule is COCC(C)Oc1cncc(C#CCN)c1. The molecule has 1 aromatic heterocycles. The first kappa shape index (κ1) is 12.5. The number of nitrogens with two attached hydrogens (primary N) is 1. The maximum Gasteiger partial charge on any atom is 0.139 e. The quantitative estimate of drug-likeness (QED) is 0.763. The van der Waals surface area contributed by atoms with Crippen LogP contribution in [0, 0.1) is 11.8 Å². The average molecular weight is 220 g/mol. The molecule has 0 aromatic carbocycles. The Labute approximate surface area is 95.8 Å². The zero-order valence-electron chi connectivity index (χ0n) is 9.56. The molecule has 0 bridgehead atoms. The topological polar surface area (TPSA) is 57.4 Å². The van der Waals surface area contributed by atoms with Crippen LogP contribution in [-0.4, -0.2) is 31.3 Å². The van der Waals surface area contributed by atoms with Crippen LogP contribution in [0.2, 0.25) is 0 Å². The smallest absolute Gasteiger partial charge is 0.139 e. The van der Waals surface area contributed by atoms with Gasteiger partial charge in [-0.15, -0.1) is 0 Å². The highest BCUT2D eigenvalue weighted by atomic mass is 16.5. The van der Waals surface area contributed by atoms with E-state index in [1.807, 2.05) is 13.0 Å². The molecule has 0 radical (unpaired) electrons. The van der Waals surface area contributed by atoms with Gasteiger partial charge in [-0.1, -0.05) is 11.8 Å². The van der Waals surface area contributed by atoms with Gasteiger partial charge in [-0.2, -0.15) is 0 Å². The molecule has 16 heavy (non-hydrogen) atoms. The summed E-state index contributed by atoms with van der Waals surface area (Å²) in [4.78, 5) is 4.04. The van der Waals surface area contributed by atoms with Gasteiger partial charge < -0.3 is 15.2 Å². The molecule has 86 valence electrons.